The van der Waals surface area contributed by atoms with Crippen LogP contribution in [0.15, 0.2) is 36.9 Å². The number of hydrogen-bond acceptors (Lipinski definition) is 4. The molecule has 25 heavy (non-hydrogen) atoms. The molecule has 2 N–H and O–H groups in total. The predicted molar refractivity (Wildman–Crippen MR) is 87.2 cm³/mol. The van der Waals surface area contributed by atoms with Crippen LogP contribution in [0.1, 0.15) is 6.42 Å². The third-order valence-corrected chi connectivity index (χ3v) is 4.00. The molecule has 1 aliphatic carbocycles. The van der Waals surface area contributed by atoms with Gasteiger partial charge in [-0.3, -0.25) is 14.6 Å². The number of anilines is 1. The topological polar surface area (TPSA) is 84.7 Å². The van der Waals surface area contributed by atoms with Crippen LogP contribution in [-0.4, -0.2) is 37.7 Å². The molecule has 1 saturated carbocycles. The minimum absolute atomic E-state index is 0.329. The first-order chi connectivity index (χ1) is 11.9. The minimum atomic E-state index is -2.81. The highest BCUT2D eigenvalue weighted by molar-refractivity contribution is 5.99. The van der Waals surface area contributed by atoms with Crippen molar-refractivity contribution in [1.82, 2.24) is 25.1 Å². The monoisotopic (exact) mass is 344 g/mol. The van der Waals surface area contributed by atoms with Crippen molar-refractivity contribution in [3.8, 4) is 11.1 Å². The van der Waals surface area contributed by atoms with Gasteiger partial charge in [0.2, 0.25) is 0 Å². The molecule has 4 rings (SSSR count). The van der Waals surface area contributed by atoms with Crippen LogP contribution in [0.4, 0.5) is 19.3 Å². The number of halogens is 2. The Hall–Kier alpha value is -3.10. The van der Waals surface area contributed by atoms with Crippen LogP contribution in [-0.2, 0) is 7.05 Å². The maximum Gasteiger partial charge on any atom is 0.319 e. The summed E-state index contributed by atoms with van der Waals surface area (Å²) in [5, 5.41) is 8.91. The Morgan fingerprint density at radius 1 is 1.32 bits per heavy atom. The van der Waals surface area contributed by atoms with Gasteiger partial charge in [-0.15, -0.1) is 0 Å². The molecule has 128 valence electrons. The van der Waals surface area contributed by atoms with Crippen molar-refractivity contribution >= 4 is 22.8 Å². The third-order valence-electron chi connectivity index (χ3n) is 4.00. The molecule has 2 amide bonds. The zero-order chi connectivity index (χ0) is 17.6. The fourth-order valence-corrected chi connectivity index (χ4v) is 2.55. The Bertz CT molecular complexity index is 970. The van der Waals surface area contributed by atoms with E-state index in [-0.39, 0.29) is 6.42 Å². The SMILES string of the molecule is Cn1cc(-c2cnc3c(NC(=O)NC4CC4(F)F)ccnc3c2)cn1. The van der Waals surface area contributed by atoms with Crippen molar-refractivity contribution in [3.63, 3.8) is 0 Å². The summed E-state index contributed by atoms with van der Waals surface area (Å²) in [7, 11) is 1.82. The number of hydrogen-bond donors (Lipinski definition) is 2. The number of nitrogens with zero attached hydrogens (tertiary/aromatic N) is 4. The second-order valence-electron chi connectivity index (χ2n) is 5.97. The van der Waals surface area contributed by atoms with E-state index in [1.165, 1.54) is 6.20 Å². The van der Waals surface area contributed by atoms with E-state index < -0.39 is 18.0 Å². The summed E-state index contributed by atoms with van der Waals surface area (Å²) < 4.78 is 27.5. The molecule has 3 aromatic rings. The number of amides is 2. The highest BCUT2D eigenvalue weighted by Crippen LogP contribution is 2.41. The Kier molecular flexibility index (Phi) is 3.38. The molecule has 0 bridgehead atoms. The quantitative estimate of drug-likeness (QED) is 0.765. The zero-order valence-electron chi connectivity index (χ0n) is 13.2. The van der Waals surface area contributed by atoms with Gasteiger partial charge in [0.15, 0.2) is 0 Å². The van der Waals surface area contributed by atoms with Crippen LogP contribution in [0.3, 0.4) is 0 Å². The number of nitrogens with one attached hydrogen (secondary N) is 2. The van der Waals surface area contributed by atoms with Gasteiger partial charge in [-0.25, -0.2) is 13.6 Å². The number of pyridine rings is 2. The zero-order valence-corrected chi connectivity index (χ0v) is 13.2. The first-order valence-electron chi connectivity index (χ1n) is 7.61. The normalized spacial score (nSPS) is 18.1. The largest absolute Gasteiger partial charge is 0.329 e. The molecule has 0 radical (unpaired) electrons. The molecule has 0 aliphatic heterocycles. The first kappa shape index (κ1) is 15.4. The van der Waals surface area contributed by atoms with E-state index in [1.54, 1.807) is 23.1 Å². The van der Waals surface area contributed by atoms with Crippen molar-refractivity contribution in [2.45, 2.75) is 18.4 Å². The maximum atomic E-state index is 12.9. The van der Waals surface area contributed by atoms with Gasteiger partial charge in [0.05, 0.1) is 17.4 Å². The molecule has 7 nitrogen and oxygen atoms in total. The van der Waals surface area contributed by atoms with E-state index in [9.17, 15) is 13.6 Å². The number of fused-ring (bicyclic) bond motifs is 1. The fourth-order valence-electron chi connectivity index (χ4n) is 2.55. The average molecular weight is 344 g/mol. The highest BCUT2D eigenvalue weighted by atomic mass is 19.3. The van der Waals surface area contributed by atoms with E-state index in [0.717, 1.165) is 11.1 Å². The maximum absolute atomic E-state index is 12.9. The van der Waals surface area contributed by atoms with Crippen LogP contribution in [0.5, 0.6) is 0 Å². The summed E-state index contributed by atoms with van der Waals surface area (Å²) in [6.07, 6.45) is 6.42. The van der Waals surface area contributed by atoms with Gasteiger partial charge >= 0.3 is 6.03 Å². The number of carbonyl (C=O) groups excluding carboxylic acids is 1. The number of alkyl halides is 2. The fraction of sp³-hybridized carbons (Fsp3) is 0.250. The van der Waals surface area contributed by atoms with Crippen LogP contribution in [0.25, 0.3) is 22.2 Å². The molecule has 9 heteroatoms. The van der Waals surface area contributed by atoms with Crippen molar-refractivity contribution in [2.24, 2.45) is 7.05 Å². The number of rotatable bonds is 3. The van der Waals surface area contributed by atoms with Crippen LogP contribution < -0.4 is 10.6 Å². The Morgan fingerprint density at radius 2 is 2.12 bits per heavy atom. The van der Waals surface area contributed by atoms with E-state index >= 15 is 0 Å². The minimum Gasteiger partial charge on any atom is -0.329 e. The van der Waals surface area contributed by atoms with Crippen molar-refractivity contribution in [1.29, 1.82) is 0 Å². The molecule has 1 atom stereocenters. The molecule has 0 spiro atoms. The summed E-state index contributed by atoms with van der Waals surface area (Å²) in [6.45, 7) is 0. The van der Waals surface area contributed by atoms with Crippen LogP contribution in [0, 0.1) is 0 Å². The molecule has 3 heterocycles. The van der Waals surface area contributed by atoms with E-state index in [4.69, 9.17) is 0 Å². The first-order valence-corrected chi connectivity index (χ1v) is 7.61. The molecular formula is C16H14F2N6O. The Morgan fingerprint density at radius 3 is 2.80 bits per heavy atom. The van der Waals surface area contributed by atoms with E-state index in [1.807, 2.05) is 19.3 Å². The summed E-state index contributed by atoms with van der Waals surface area (Å²) in [4.78, 5) is 20.5. The van der Waals surface area contributed by atoms with Crippen molar-refractivity contribution in [3.05, 3.63) is 36.9 Å². The summed E-state index contributed by atoms with van der Waals surface area (Å²) in [5.74, 6) is -2.81. The van der Waals surface area contributed by atoms with E-state index in [2.05, 4.69) is 25.7 Å². The van der Waals surface area contributed by atoms with Crippen LogP contribution in [0.2, 0.25) is 0 Å². The number of aromatic nitrogens is 4. The van der Waals surface area contributed by atoms with Crippen molar-refractivity contribution < 1.29 is 13.6 Å². The predicted octanol–water partition coefficient (Wildman–Crippen LogP) is 2.56. The average Bonchev–Trinajstić information content (AvgIpc) is 2.95. The lowest BCUT2D eigenvalue weighted by atomic mass is 10.1. The Balaban J connectivity index is 1.58. The van der Waals surface area contributed by atoms with Crippen LogP contribution >= 0.6 is 0 Å². The molecule has 1 fully saturated rings. The lowest BCUT2D eigenvalue weighted by molar-refractivity contribution is 0.108. The second kappa shape index (κ2) is 5.47. The Labute approximate surface area is 141 Å². The van der Waals surface area contributed by atoms with Gasteiger partial charge in [-0.2, -0.15) is 5.10 Å². The van der Waals surface area contributed by atoms with Crippen molar-refractivity contribution in [2.75, 3.05) is 5.32 Å². The summed E-state index contributed by atoms with van der Waals surface area (Å²) in [5.41, 5.74) is 3.20. The number of aryl methyl sites for hydroxylation is 1. The van der Waals surface area contributed by atoms with Gasteiger partial charge in [0.1, 0.15) is 11.6 Å². The molecular weight excluding hydrogens is 330 g/mol. The number of urea groups is 1. The summed E-state index contributed by atoms with van der Waals surface area (Å²) >= 11 is 0. The second-order valence-corrected chi connectivity index (χ2v) is 5.97. The molecule has 3 aromatic heterocycles. The molecule has 1 aliphatic rings. The third kappa shape index (κ3) is 3.00. The van der Waals surface area contributed by atoms with E-state index in [0.29, 0.717) is 16.7 Å². The van der Waals surface area contributed by atoms with Gasteiger partial charge < -0.3 is 10.6 Å². The van der Waals surface area contributed by atoms with Gasteiger partial charge in [0.25, 0.3) is 5.92 Å². The summed E-state index contributed by atoms with van der Waals surface area (Å²) in [6, 6.07) is 1.61. The smallest absolute Gasteiger partial charge is 0.319 e. The number of carbonyl (C=O) groups is 1. The van der Waals surface area contributed by atoms with Gasteiger partial charge in [-0.05, 0) is 12.1 Å². The van der Waals surface area contributed by atoms with Gasteiger partial charge in [0, 0.05) is 43.2 Å². The lowest BCUT2D eigenvalue weighted by Gasteiger charge is -2.09. The molecule has 0 saturated heterocycles. The van der Waals surface area contributed by atoms with Gasteiger partial charge in [-0.1, -0.05) is 0 Å². The standard InChI is InChI=1S/C16H14F2N6O/c1-24-8-10(7-21-24)9-4-12-14(20-6-9)11(2-3-19-12)22-15(25)23-13-5-16(13,17)18/h2-4,6-8,13H,5H2,1H3,(H2,19,22,23,25). The molecule has 1 unspecified atom stereocenters. The molecule has 0 aromatic carbocycles. The highest BCUT2D eigenvalue weighted by Gasteiger charge is 2.57. The lowest BCUT2D eigenvalue weighted by Crippen LogP contribution is -2.33.